The minimum Gasteiger partial charge on any atom is -0.376 e. The van der Waals surface area contributed by atoms with Crippen molar-refractivity contribution in [2.75, 3.05) is 39.6 Å². The van der Waals surface area contributed by atoms with Crippen molar-refractivity contribution in [3.63, 3.8) is 0 Å². The highest BCUT2D eigenvalue weighted by atomic mass is 28.4. The van der Waals surface area contributed by atoms with Crippen molar-refractivity contribution in [2.45, 2.75) is 76.1 Å². The molecule has 0 N–H and O–H groups in total. The van der Waals surface area contributed by atoms with E-state index in [0.29, 0.717) is 19.8 Å². The molecule has 27 heavy (non-hydrogen) atoms. The third-order valence-corrected chi connectivity index (χ3v) is 7.69. The molecule has 3 aliphatic rings. The first-order valence-electron chi connectivity index (χ1n) is 10.7. The number of hydrogen-bond acceptors (Lipinski definition) is 6. The molecule has 3 aliphatic heterocycles. The molecule has 0 aromatic heterocycles. The Balaban J connectivity index is 1.54. The number of ether oxygens (including phenoxy) is 3. The van der Waals surface area contributed by atoms with Gasteiger partial charge in [-0.05, 0) is 63.5 Å². The van der Waals surface area contributed by atoms with E-state index in [0.717, 1.165) is 58.3 Å². The molecule has 0 spiro atoms. The fourth-order valence-corrected chi connectivity index (χ4v) is 5.60. The summed E-state index contributed by atoms with van der Waals surface area (Å²) in [6.45, 7) is 7.90. The summed E-state index contributed by atoms with van der Waals surface area (Å²) < 4.78 is 36.2. The average Bonchev–Trinajstić information content (AvgIpc) is 2.76. The van der Waals surface area contributed by atoms with Crippen molar-refractivity contribution in [2.24, 2.45) is 0 Å². The second kappa shape index (κ2) is 11.7. The molecule has 0 amide bonds. The molecule has 3 atom stereocenters. The Morgan fingerprint density at radius 3 is 1.30 bits per heavy atom. The van der Waals surface area contributed by atoms with Crippen LogP contribution in [-0.2, 0) is 27.5 Å². The summed E-state index contributed by atoms with van der Waals surface area (Å²) in [6.07, 6.45) is 10.4. The number of hydrogen-bond donors (Lipinski definition) is 0. The van der Waals surface area contributed by atoms with Gasteiger partial charge >= 0.3 is 8.80 Å². The monoisotopic (exact) mass is 400 g/mol. The lowest BCUT2D eigenvalue weighted by atomic mass is 10.1. The molecular formula is C20H36O6Si. The molecular weight excluding hydrogens is 364 g/mol. The van der Waals surface area contributed by atoms with E-state index in [1.807, 2.05) is 0 Å². The first-order chi connectivity index (χ1) is 13.3. The summed E-state index contributed by atoms with van der Waals surface area (Å²) in [5.41, 5.74) is 1.75. The van der Waals surface area contributed by atoms with Gasteiger partial charge in [0.2, 0.25) is 0 Å². The van der Waals surface area contributed by atoms with Crippen molar-refractivity contribution in [3.8, 4) is 0 Å². The highest BCUT2D eigenvalue weighted by molar-refractivity contribution is 6.66. The molecule has 7 heteroatoms. The lowest BCUT2D eigenvalue weighted by molar-refractivity contribution is -0.0669. The Morgan fingerprint density at radius 2 is 1.04 bits per heavy atom. The predicted molar refractivity (Wildman–Crippen MR) is 105 cm³/mol. The molecule has 6 nitrogen and oxygen atoms in total. The van der Waals surface area contributed by atoms with Gasteiger partial charge in [-0.15, -0.1) is 0 Å². The molecule has 3 rings (SSSR count). The quantitative estimate of drug-likeness (QED) is 0.524. The molecule has 3 fully saturated rings. The molecule has 0 saturated carbocycles. The van der Waals surface area contributed by atoms with Crippen LogP contribution in [0.4, 0.5) is 0 Å². The predicted octanol–water partition coefficient (Wildman–Crippen LogP) is 3.41. The van der Waals surface area contributed by atoms with Crippen LogP contribution in [0.5, 0.6) is 0 Å². The Kier molecular flexibility index (Phi) is 9.25. The summed E-state index contributed by atoms with van der Waals surface area (Å²) in [5, 5.41) is 0. The van der Waals surface area contributed by atoms with Gasteiger partial charge in [0.25, 0.3) is 0 Å². The maximum absolute atomic E-state index is 6.24. The van der Waals surface area contributed by atoms with E-state index in [4.69, 9.17) is 27.5 Å². The fourth-order valence-electron chi connectivity index (χ4n) is 3.75. The second-order valence-corrected chi connectivity index (χ2v) is 10.2. The lowest BCUT2D eigenvalue weighted by Crippen LogP contribution is -2.49. The van der Waals surface area contributed by atoms with E-state index in [9.17, 15) is 0 Å². The second-order valence-electron chi connectivity index (χ2n) is 7.71. The van der Waals surface area contributed by atoms with Crippen molar-refractivity contribution in [1.82, 2.24) is 0 Å². The van der Waals surface area contributed by atoms with Crippen LogP contribution in [0.3, 0.4) is 0 Å². The highest BCUT2D eigenvalue weighted by Gasteiger charge is 2.41. The van der Waals surface area contributed by atoms with E-state index in [2.05, 4.69) is 6.58 Å². The van der Waals surface area contributed by atoms with Gasteiger partial charge < -0.3 is 27.5 Å². The summed E-state index contributed by atoms with van der Waals surface area (Å²) in [4.78, 5) is 0. The van der Waals surface area contributed by atoms with Gasteiger partial charge in [-0.1, -0.05) is 6.58 Å². The maximum atomic E-state index is 6.24. The van der Waals surface area contributed by atoms with E-state index in [1.54, 1.807) is 5.70 Å². The molecule has 3 unspecified atom stereocenters. The van der Waals surface area contributed by atoms with Crippen LogP contribution in [0.2, 0.25) is 0 Å². The van der Waals surface area contributed by atoms with Gasteiger partial charge in [-0.3, -0.25) is 0 Å². The summed E-state index contributed by atoms with van der Waals surface area (Å²) in [6, 6.07) is 0. The molecule has 3 saturated heterocycles. The van der Waals surface area contributed by atoms with Gasteiger partial charge in [0.15, 0.2) is 0 Å². The first kappa shape index (κ1) is 21.4. The van der Waals surface area contributed by atoms with Crippen molar-refractivity contribution >= 4 is 8.80 Å². The molecule has 156 valence electrons. The van der Waals surface area contributed by atoms with Crippen LogP contribution in [0.15, 0.2) is 12.3 Å². The average molecular weight is 401 g/mol. The van der Waals surface area contributed by atoms with Crippen LogP contribution in [0, 0.1) is 0 Å². The minimum atomic E-state index is -3.00. The van der Waals surface area contributed by atoms with Crippen molar-refractivity contribution < 1.29 is 27.5 Å². The molecule has 0 aromatic rings. The third-order valence-electron chi connectivity index (χ3n) is 5.48. The topological polar surface area (TPSA) is 55.4 Å². The third kappa shape index (κ3) is 7.23. The SMILES string of the molecule is C=C[Si](OCC1CCCCO1)(OCC1CCCCO1)OCC1CCCCO1. The van der Waals surface area contributed by atoms with Gasteiger partial charge in [0.05, 0.1) is 38.1 Å². The maximum Gasteiger partial charge on any atom is 0.529 e. The van der Waals surface area contributed by atoms with Crippen LogP contribution in [-0.4, -0.2) is 66.8 Å². The minimum absolute atomic E-state index is 0.120. The molecule has 3 heterocycles. The Morgan fingerprint density at radius 1 is 0.667 bits per heavy atom. The molecule has 0 bridgehead atoms. The highest BCUT2D eigenvalue weighted by Crippen LogP contribution is 2.22. The Hall–Kier alpha value is -0.283. The van der Waals surface area contributed by atoms with E-state index >= 15 is 0 Å². The van der Waals surface area contributed by atoms with Crippen LogP contribution in [0.25, 0.3) is 0 Å². The number of rotatable bonds is 10. The largest absolute Gasteiger partial charge is 0.529 e. The fraction of sp³-hybridized carbons (Fsp3) is 0.900. The van der Waals surface area contributed by atoms with Crippen molar-refractivity contribution in [3.05, 3.63) is 12.3 Å². The Labute approximate surface area is 164 Å². The molecule has 0 aromatic carbocycles. The standard InChI is InChI=1S/C20H36O6Si/c1-2-27(24-15-18-9-3-6-12-21-18,25-16-19-10-4-7-13-22-19)26-17-20-11-5-8-14-23-20/h2,18-20H,1,3-17H2. The normalized spacial score (nSPS) is 31.9. The van der Waals surface area contributed by atoms with Crippen molar-refractivity contribution in [1.29, 1.82) is 0 Å². The zero-order chi connectivity index (χ0) is 18.8. The van der Waals surface area contributed by atoms with Gasteiger partial charge in [0, 0.05) is 19.8 Å². The zero-order valence-electron chi connectivity index (χ0n) is 16.6. The molecule has 0 radical (unpaired) electrons. The van der Waals surface area contributed by atoms with Gasteiger partial charge in [-0.25, -0.2) is 0 Å². The summed E-state index contributed by atoms with van der Waals surface area (Å²) >= 11 is 0. The van der Waals surface area contributed by atoms with Gasteiger partial charge in [0.1, 0.15) is 0 Å². The van der Waals surface area contributed by atoms with E-state index in [-0.39, 0.29) is 18.3 Å². The lowest BCUT2D eigenvalue weighted by Gasteiger charge is -2.33. The molecule has 0 aliphatic carbocycles. The summed E-state index contributed by atoms with van der Waals surface area (Å²) in [7, 11) is -3.00. The van der Waals surface area contributed by atoms with Gasteiger partial charge in [-0.2, -0.15) is 0 Å². The smallest absolute Gasteiger partial charge is 0.376 e. The van der Waals surface area contributed by atoms with E-state index in [1.165, 1.54) is 19.3 Å². The first-order valence-corrected chi connectivity index (χ1v) is 12.5. The Bertz CT molecular complexity index is 362. The summed E-state index contributed by atoms with van der Waals surface area (Å²) in [5.74, 6) is 0. The van der Waals surface area contributed by atoms with E-state index < -0.39 is 8.80 Å². The van der Waals surface area contributed by atoms with Crippen LogP contribution < -0.4 is 0 Å². The zero-order valence-corrected chi connectivity index (χ0v) is 17.6. The van der Waals surface area contributed by atoms with Crippen LogP contribution >= 0.6 is 0 Å². The van der Waals surface area contributed by atoms with Crippen LogP contribution in [0.1, 0.15) is 57.8 Å².